The molecule has 2 N–H and O–H groups in total. The van der Waals surface area contributed by atoms with Gasteiger partial charge in [0.1, 0.15) is 0 Å². The van der Waals surface area contributed by atoms with Crippen LogP contribution in [0.2, 0.25) is 0 Å². The van der Waals surface area contributed by atoms with Gasteiger partial charge in [0.25, 0.3) is 0 Å². The topological polar surface area (TPSA) is 35.5 Å². The van der Waals surface area contributed by atoms with Crippen molar-refractivity contribution in [2.75, 3.05) is 26.7 Å². The summed E-state index contributed by atoms with van der Waals surface area (Å²) in [5.41, 5.74) is 0. The van der Waals surface area contributed by atoms with Crippen molar-refractivity contribution in [2.45, 2.75) is 25.5 Å². The molecule has 1 aliphatic heterocycles. The van der Waals surface area contributed by atoms with Crippen LogP contribution in [0.3, 0.4) is 0 Å². The molecule has 66 valence electrons. The van der Waals surface area contributed by atoms with Gasteiger partial charge in [-0.1, -0.05) is 0 Å². The lowest BCUT2D eigenvalue weighted by molar-refractivity contribution is 0.130. The second-order valence-electron chi connectivity index (χ2n) is 3.43. The third-order valence-corrected chi connectivity index (χ3v) is 2.28. The van der Waals surface area contributed by atoms with E-state index >= 15 is 0 Å². The first kappa shape index (κ1) is 8.97. The lowest BCUT2D eigenvalue weighted by Crippen LogP contribution is -2.56. The highest BCUT2D eigenvalue weighted by Crippen LogP contribution is 2.03. The van der Waals surface area contributed by atoms with Crippen molar-refractivity contribution in [3.63, 3.8) is 0 Å². The second kappa shape index (κ2) is 4.04. The highest BCUT2D eigenvalue weighted by Gasteiger charge is 2.20. The van der Waals surface area contributed by atoms with Crippen LogP contribution in [0, 0.1) is 0 Å². The van der Waals surface area contributed by atoms with Crippen molar-refractivity contribution in [1.29, 1.82) is 0 Å². The van der Waals surface area contributed by atoms with Crippen LogP contribution in [0.15, 0.2) is 0 Å². The number of nitrogens with zero attached hydrogens (tertiary/aromatic N) is 1. The molecule has 3 nitrogen and oxygen atoms in total. The predicted octanol–water partition coefficient (Wildman–Crippen LogP) is -0.339. The van der Waals surface area contributed by atoms with Crippen molar-refractivity contribution < 1.29 is 5.11 Å². The third-order valence-electron chi connectivity index (χ3n) is 2.28. The second-order valence-corrected chi connectivity index (χ2v) is 3.43. The summed E-state index contributed by atoms with van der Waals surface area (Å²) >= 11 is 0. The SMILES string of the molecule is CC(O)CCN(C)C1CNC1. The number of aliphatic hydroxyl groups is 1. The molecule has 0 bridgehead atoms. The Hall–Kier alpha value is -0.120. The third kappa shape index (κ3) is 2.77. The highest BCUT2D eigenvalue weighted by molar-refractivity contribution is 4.82. The Bertz CT molecular complexity index is 113. The van der Waals surface area contributed by atoms with Crippen molar-refractivity contribution in [3.8, 4) is 0 Å². The fourth-order valence-corrected chi connectivity index (χ4v) is 1.16. The maximum Gasteiger partial charge on any atom is 0.0524 e. The molecule has 1 aliphatic rings. The van der Waals surface area contributed by atoms with Crippen molar-refractivity contribution in [2.24, 2.45) is 0 Å². The quantitative estimate of drug-likeness (QED) is 0.587. The average molecular weight is 158 g/mol. The van der Waals surface area contributed by atoms with Gasteiger partial charge in [0, 0.05) is 25.7 Å². The normalized spacial score (nSPS) is 21.8. The van der Waals surface area contributed by atoms with E-state index in [2.05, 4.69) is 17.3 Å². The first-order valence-corrected chi connectivity index (χ1v) is 4.29. The molecule has 1 atom stereocenters. The van der Waals surface area contributed by atoms with Crippen molar-refractivity contribution in [1.82, 2.24) is 10.2 Å². The molecule has 0 aromatic heterocycles. The van der Waals surface area contributed by atoms with Crippen LogP contribution in [0.1, 0.15) is 13.3 Å². The monoisotopic (exact) mass is 158 g/mol. The Morgan fingerprint density at radius 1 is 1.64 bits per heavy atom. The minimum atomic E-state index is -0.162. The molecule has 0 radical (unpaired) electrons. The first-order valence-electron chi connectivity index (χ1n) is 4.29. The molecule has 1 saturated heterocycles. The highest BCUT2D eigenvalue weighted by atomic mass is 16.3. The van der Waals surface area contributed by atoms with Crippen LogP contribution >= 0.6 is 0 Å². The van der Waals surface area contributed by atoms with Gasteiger partial charge in [0.2, 0.25) is 0 Å². The molecule has 1 heterocycles. The van der Waals surface area contributed by atoms with Gasteiger partial charge in [-0.15, -0.1) is 0 Å². The Labute approximate surface area is 68.4 Å². The van der Waals surface area contributed by atoms with E-state index < -0.39 is 0 Å². The zero-order chi connectivity index (χ0) is 8.27. The average Bonchev–Trinajstić information content (AvgIpc) is 1.79. The van der Waals surface area contributed by atoms with Gasteiger partial charge in [0.15, 0.2) is 0 Å². The van der Waals surface area contributed by atoms with Gasteiger partial charge < -0.3 is 15.3 Å². The molecule has 0 aliphatic carbocycles. The van der Waals surface area contributed by atoms with E-state index in [1.54, 1.807) is 0 Å². The largest absolute Gasteiger partial charge is 0.393 e. The van der Waals surface area contributed by atoms with E-state index in [1.165, 1.54) is 0 Å². The Morgan fingerprint density at radius 2 is 2.27 bits per heavy atom. The fourth-order valence-electron chi connectivity index (χ4n) is 1.16. The molecular formula is C8H18N2O. The minimum absolute atomic E-state index is 0.162. The Balaban J connectivity index is 2.05. The van der Waals surface area contributed by atoms with Crippen molar-refractivity contribution in [3.05, 3.63) is 0 Å². The molecule has 0 spiro atoms. The Morgan fingerprint density at radius 3 is 2.64 bits per heavy atom. The summed E-state index contributed by atoms with van der Waals surface area (Å²) in [4.78, 5) is 2.31. The zero-order valence-electron chi connectivity index (χ0n) is 7.38. The van der Waals surface area contributed by atoms with Crippen LogP contribution in [0.25, 0.3) is 0 Å². The van der Waals surface area contributed by atoms with Gasteiger partial charge in [-0.05, 0) is 20.4 Å². The van der Waals surface area contributed by atoms with Crippen LogP contribution in [0.4, 0.5) is 0 Å². The van der Waals surface area contributed by atoms with Gasteiger partial charge in [-0.3, -0.25) is 0 Å². The summed E-state index contributed by atoms with van der Waals surface area (Å²) in [5, 5.41) is 12.3. The molecule has 11 heavy (non-hydrogen) atoms. The molecule has 0 aromatic carbocycles. The van der Waals surface area contributed by atoms with Crippen LogP contribution < -0.4 is 5.32 Å². The molecule has 0 amide bonds. The number of hydrogen-bond acceptors (Lipinski definition) is 3. The van der Waals surface area contributed by atoms with Crippen LogP contribution in [-0.2, 0) is 0 Å². The molecule has 0 saturated carbocycles. The smallest absolute Gasteiger partial charge is 0.0524 e. The van der Waals surface area contributed by atoms with E-state index in [1.807, 2.05) is 6.92 Å². The summed E-state index contributed by atoms with van der Waals surface area (Å²) in [6.07, 6.45) is 0.720. The molecule has 1 unspecified atom stereocenters. The van der Waals surface area contributed by atoms with Gasteiger partial charge >= 0.3 is 0 Å². The van der Waals surface area contributed by atoms with E-state index in [0.717, 1.165) is 26.1 Å². The fraction of sp³-hybridized carbons (Fsp3) is 1.00. The van der Waals surface area contributed by atoms with Crippen LogP contribution in [0.5, 0.6) is 0 Å². The number of nitrogens with one attached hydrogen (secondary N) is 1. The summed E-state index contributed by atoms with van der Waals surface area (Å²) in [5.74, 6) is 0. The van der Waals surface area contributed by atoms with Gasteiger partial charge in [-0.25, -0.2) is 0 Å². The standard InChI is InChI=1S/C8H18N2O/c1-7(11)3-4-10(2)8-5-9-6-8/h7-9,11H,3-6H2,1-2H3. The summed E-state index contributed by atoms with van der Waals surface area (Å²) in [6.45, 7) is 5.06. The number of hydrogen-bond donors (Lipinski definition) is 2. The lowest BCUT2D eigenvalue weighted by Gasteiger charge is -2.35. The summed E-state index contributed by atoms with van der Waals surface area (Å²) in [7, 11) is 2.12. The number of rotatable bonds is 4. The molecular weight excluding hydrogens is 140 g/mol. The van der Waals surface area contributed by atoms with Gasteiger partial charge in [0.05, 0.1) is 6.10 Å². The van der Waals surface area contributed by atoms with Crippen LogP contribution in [-0.4, -0.2) is 48.8 Å². The molecule has 0 aromatic rings. The predicted molar refractivity (Wildman–Crippen MR) is 45.6 cm³/mol. The lowest BCUT2D eigenvalue weighted by atomic mass is 10.1. The number of aliphatic hydroxyl groups excluding tert-OH is 1. The maximum absolute atomic E-state index is 9.03. The van der Waals surface area contributed by atoms with E-state index in [-0.39, 0.29) is 6.10 Å². The molecule has 1 rings (SSSR count). The minimum Gasteiger partial charge on any atom is -0.393 e. The molecule has 3 heteroatoms. The zero-order valence-corrected chi connectivity index (χ0v) is 7.38. The summed E-state index contributed by atoms with van der Waals surface area (Å²) < 4.78 is 0. The Kier molecular flexibility index (Phi) is 3.30. The number of likely N-dealkylation sites (N-methyl/N-ethyl adjacent to an activating group) is 1. The van der Waals surface area contributed by atoms with E-state index in [4.69, 9.17) is 5.11 Å². The van der Waals surface area contributed by atoms with Crippen molar-refractivity contribution >= 4 is 0 Å². The van der Waals surface area contributed by atoms with Gasteiger partial charge in [-0.2, -0.15) is 0 Å². The molecule has 1 fully saturated rings. The first-order chi connectivity index (χ1) is 5.20. The van der Waals surface area contributed by atoms with E-state index in [9.17, 15) is 0 Å². The summed E-state index contributed by atoms with van der Waals surface area (Å²) in [6, 6.07) is 0.703. The maximum atomic E-state index is 9.03. The van der Waals surface area contributed by atoms with E-state index in [0.29, 0.717) is 6.04 Å².